The van der Waals surface area contributed by atoms with Crippen molar-refractivity contribution in [1.82, 2.24) is 10.2 Å². The maximum absolute atomic E-state index is 13.8. The van der Waals surface area contributed by atoms with Gasteiger partial charge >= 0.3 is 6.03 Å². The van der Waals surface area contributed by atoms with Crippen LogP contribution in [0.25, 0.3) is 6.08 Å². The summed E-state index contributed by atoms with van der Waals surface area (Å²) in [5, 5.41) is 4.58. The van der Waals surface area contributed by atoms with Gasteiger partial charge in [0.1, 0.15) is 23.9 Å². The first-order chi connectivity index (χ1) is 12.9. The number of para-hydroxylation sites is 1. The number of imide groups is 1. The van der Waals surface area contributed by atoms with Crippen LogP contribution >= 0.6 is 11.6 Å². The molecule has 9 heteroatoms. The molecule has 0 saturated carbocycles. The molecular weight excluding hydrogens is 380 g/mol. The first-order valence-electron chi connectivity index (χ1n) is 7.70. The van der Waals surface area contributed by atoms with Crippen molar-refractivity contribution in [1.29, 1.82) is 0 Å². The van der Waals surface area contributed by atoms with Gasteiger partial charge in [-0.15, -0.1) is 0 Å². The number of anilines is 1. The van der Waals surface area contributed by atoms with Crippen LogP contribution in [0.15, 0.2) is 48.2 Å². The summed E-state index contributed by atoms with van der Waals surface area (Å²) >= 11 is 5.90. The molecule has 0 aromatic heterocycles. The molecule has 3 rings (SSSR count). The molecule has 1 saturated heterocycles. The molecular formula is C18H12ClF2N3O3. The SMILES string of the molecule is O=C(CN1C(=O)N/C(=C/c2c(F)cccc2Cl)C1=O)Nc1ccccc1F. The molecule has 2 aromatic carbocycles. The number of benzene rings is 2. The third kappa shape index (κ3) is 3.95. The van der Waals surface area contributed by atoms with Crippen LogP contribution in [0, 0.1) is 11.6 Å². The summed E-state index contributed by atoms with van der Waals surface area (Å²) in [6, 6.07) is 8.58. The Morgan fingerprint density at radius 2 is 1.81 bits per heavy atom. The molecule has 0 radical (unpaired) electrons. The highest BCUT2D eigenvalue weighted by atomic mass is 35.5. The minimum Gasteiger partial charge on any atom is -0.322 e. The zero-order valence-corrected chi connectivity index (χ0v) is 14.4. The summed E-state index contributed by atoms with van der Waals surface area (Å²) in [6.45, 7) is -0.638. The summed E-state index contributed by atoms with van der Waals surface area (Å²) in [6.07, 6.45) is 1.09. The van der Waals surface area contributed by atoms with Crippen molar-refractivity contribution >= 4 is 41.2 Å². The normalized spacial score (nSPS) is 15.2. The van der Waals surface area contributed by atoms with Crippen LogP contribution in [0.5, 0.6) is 0 Å². The van der Waals surface area contributed by atoms with E-state index in [1.807, 2.05) is 0 Å². The fourth-order valence-corrected chi connectivity index (χ4v) is 2.62. The van der Waals surface area contributed by atoms with Gasteiger partial charge in [0.25, 0.3) is 5.91 Å². The van der Waals surface area contributed by atoms with Gasteiger partial charge < -0.3 is 10.6 Å². The Kier molecular flexibility index (Phi) is 5.18. The predicted octanol–water partition coefficient (Wildman–Crippen LogP) is 3.15. The van der Waals surface area contributed by atoms with Crippen molar-refractivity contribution in [3.8, 4) is 0 Å². The minimum atomic E-state index is -0.859. The predicted molar refractivity (Wildman–Crippen MR) is 94.7 cm³/mol. The molecule has 1 aliphatic rings. The molecule has 0 spiro atoms. The molecule has 1 heterocycles. The van der Waals surface area contributed by atoms with E-state index >= 15 is 0 Å². The van der Waals surface area contributed by atoms with Gasteiger partial charge in [0.2, 0.25) is 5.91 Å². The van der Waals surface area contributed by atoms with Crippen molar-refractivity contribution in [2.45, 2.75) is 0 Å². The molecule has 0 bridgehead atoms. The molecule has 1 aliphatic heterocycles. The van der Waals surface area contributed by atoms with Crippen LogP contribution in [-0.2, 0) is 9.59 Å². The number of urea groups is 1. The maximum atomic E-state index is 13.8. The Balaban J connectivity index is 1.76. The van der Waals surface area contributed by atoms with Crippen molar-refractivity contribution in [2.75, 3.05) is 11.9 Å². The van der Waals surface area contributed by atoms with Crippen molar-refractivity contribution < 1.29 is 23.2 Å². The Bertz CT molecular complexity index is 958. The van der Waals surface area contributed by atoms with Crippen LogP contribution in [0.3, 0.4) is 0 Å². The lowest BCUT2D eigenvalue weighted by Gasteiger charge is -2.12. The van der Waals surface area contributed by atoms with Gasteiger partial charge in [-0.25, -0.2) is 18.5 Å². The van der Waals surface area contributed by atoms with E-state index in [4.69, 9.17) is 11.6 Å². The number of halogens is 3. The van der Waals surface area contributed by atoms with E-state index in [9.17, 15) is 23.2 Å². The van der Waals surface area contributed by atoms with Crippen LogP contribution in [0.2, 0.25) is 5.02 Å². The average Bonchev–Trinajstić information content (AvgIpc) is 2.88. The Morgan fingerprint density at radius 3 is 2.52 bits per heavy atom. The van der Waals surface area contributed by atoms with Crippen LogP contribution in [0.4, 0.5) is 19.3 Å². The zero-order valence-electron chi connectivity index (χ0n) is 13.6. The summed E-state index contributed by atoms with van der Waals surface area (Å²) in [5.41, 5.74) is -0.380. The van der Waals surface area contributed by atoms with Gasteiger partial charge in [0.15, 0.2) is 0 Å². The summed E-state index contributed by atoms with van der Waals surface area (Å²) in [5.74, 6) is -2.93. The molecule has 1 fully saturated rings. The van der Waals surface area contributed by atoms with E-state index in [0.29, 0.717) is 4.90 Å². The van der Waals surface area contributed by atoms with Crippen LogP contribution in [-0.4, -0.2) is 29.3 Å². The fourth-order valence-electron chi connectivity index (χ4n) is 2.40. The minimum absolute atomic E-state index is 0.0558. The number of nitrogens with zero attached hydrogens (tertiary/aromatic N) is 1. The van der Waals surface area contributed by atoms with Gasteiger partial charge in [-0.1, -0.05) is 29.8 Å². The van der Waals surface area contributed by atoms with Gasteiger partial charge in [-0.05, 0) is 30.3 Å². The smallest absolute Gasteiger partial charge is 0.322 e. The highest BCUT2D eigenvalue weighted by molar-refractivity contribution is 6.32. The van der Waals surface area contributed by atoms with E-state index < -0.39 is 36.0 Å². The summed E-state index contributed by atoms with van der Waals surface area (Å²) in [7, 11) is 0. The number of amides is 4. The number of rotatable bonds is 4. The van der Waals surface area contributed by atoms with Gasteiger partial charge in [0, 0.05) is 5.56 Å². The first-order valence-corrected chi connectivity index (χ1v) is 8.07. The quantitative estimate of drug-likeness (QED) is 0.620. The molecule has 2 N–H and O–H groups in total. The van der Waals surface area contributed by atoms with Gasteiger partial charge in [0.05, 0.1) is 10.7 Å². The summed E-state index contributed by atoms with van der Waals surface area (Å²) < 4.78 is 27.4. The van der Waals surface area contributed by atoms with E-state index in [2.05, 4.69) is 10.6 Å². The summed E-state index contributed by atoms with van der Waals surface area (Å²) in [4.78, 5) is 37.0. The molecule has 0 atom stereocenters. The lowest BCUT2D eigenvalue weighted by Crippen LogP contribution is -2.38. The second kappa shape index (κ2) is 7.55. The monoisotopic (exact) mass is 391 g/mol. The fraction of sp³-hybridized carbons (Fsp3) is 0.0556. The topological polar surface area (TPSA) is 78.5 Å². The van der Waals surface area contributed by atoms with Crippen molar-refractivity contribution in [3.05, 3.63) is 70.4 Å². The second-order valence-electron chi connectivity index (χ2n) is 5.54. The number of hydrogen-bond acceptors (Lipinski definition) is 3. The third-order valence-corrected chi connectivity index (χ3v) is 4.03. The maximum Gasteiger partial charge on any atom is 0.329 e. The third-order valence-electron chi connectivity index (χ3n) is 3.70. The largest absolute Gasteiger partial charge is 0.329 e. The first kappa shape index (κ1) is 18.5. The van der Waals surface area contributed by atoms with E-state index in [0.717, 1.165) is 18.2 Å². The van der Waals surface area contributed by atoms with E-state index in [-0.39, 0.29) is 22.0 Å². The van der Waals surface area contributed by atoms with Crippen molar-refractivity contribution in [2.24, 2.45) is 0 Å². The van der Waals surface area contributed by atoms with E-state index in [1.165, 1.54) is 30.3 Å². The number of carbonyl (C=O) groups is 3. The molecule has 2 aromatic rings. The van der Waals surface area contributed by atoms with Crippen molar-refractivity contribution in [3.63, 3.8) is 0 Å². The Labute approximate surface area is 157 Å². The molecule has 4 amide bonds. The standard InChI is InChI=1S/C18H12ClF2N3O3/c19-11-4-3-6-12(20)10(11)8-15-17(26)24(18(27)23-15)9-16(25)22-14-7-2-1-5-13(14)21/h1-8H,9H2,(H,22,25)(H,23,27)/b15-8+. The van der Waals surface area contributed by atoms with Gasteiger partial charge in [-0.3, -0.25) is 9.59 Å². The second-order valence-corrected chi connectivity index (χ2v) is 5.95. The molecule has 138 valence electrons. The van der Waals surface area contributed by atoms with Crippen LogP contribution < -0.4 is 10.6 Å². The van der Waals surface area contributed by atoms with Crippen LogP contribution in [0.1, 0.15) is 5.56 Å². The molecule has 6 nitrogen and oxygen atoms in total. The highest BCUT2D eigenvalue weighted by Crippen LogP contribution is 2.23. The molecule has 0 aliphatic carbocycles. The number of carbonyl (C=O) groups excluding carboxylic acids is 3. The molecule has 0 unspecified atom stereocenters. The average molecular weight is 392 g/mol. The van der Waals surface area contributed by atoms with E-state index in [1.54, 1.807) is 0 Å². The Morgan fingerprint density at radius 1 is 1.11 bits per heavy atom. The number of nitrogens with one attached hydrogen (secondary N) is 2. The Hall–Kier alpha value is -3.26. The molecule has 27 heavy (non-hydrogen) atoms. The van der Waals surface area contributed by atoms with Gasteiger partial charge in [-0.2, -0.15) is 0 Å². The number of hydrogen-bond donors (Lipinski definition) is 2. The lowest BCUT2D eigenvalue weighted by molar-refractivity contribution is -0.127. The highest BCUT2D eigenvalue weighted by Gasteiger charge is 2.35. The lowest BCUT2D eigenvalue weighted by atomic mass is 10.1. The zero-order chi connectivity index (χ0) is 19.6.